The van der Waals surface area contributed by atoms with Gasteiger partial charge in [0, 0.05) is 30.6 Å². The standard InChI is InChI=1S/C19H19ClN4OS/c1-14-12-16(9-10-17(14)23-11-5-4-8-19(23)25)24-13-15(21-22-24)6-2-3-7-18(20)26/h2-5,7-13,21-22,26H,6H2,1H3/b3-2+,18-7-. The molecule has 2 heterocycles. The molecule has 7 heteroatoms. The van der Waals surface area contributed by atoms with Crippen LogP contribution in [0, 0.1) is 6.92 Å². The molecule has 1 aromatic carbocycles. The number of hydrogen-bond acceptors (Lipinski definition) is 5. The number of benzene rings is 1. The highest BCUT2D eigenvalue weighted by Crippen LogP contribution is 2.22. The third-order valence-corrected chi connectivity index (χ3v) is 4.15. The third kappa shape index (κ3) is 4.40. The Balaban J connectivity index is 1.76. The lowest BCUT2D eigenvalue weighted by Gasteiger charge is -2.17. The summed E-state index contributed by atoms with van der Waals surface area (Å²) in [6.07, 6.45) is 10.1. The molecule has 1 aromatic heterocycles. The van der Waals surface area contributed by atoms with Crippen LogP contribution in [0.4, 0.5) is 5.69 Å². The molecule has 26 heavy (non-hydrogen) atoms. The Morgan fingerprint density at radius 1 is 1.31 bits per heavy atom. The zero-order valence-electron chi connectivity index (χ0n) is 14.2. The SMILES string of the molecule is Cc1cc(N2C=C(C/C=C/C=C(\S)Cl)NN2)ccc1-n1ccccc1=O. The van der Waals surface area contributed by atoms with Gasteiger partial charge >= 0.3 is 0 Å². The number of halogens is 1. The van der Waals surface area contributed by atoms with Crippen molar-refractivity contribution in [1.29, 1.82) is 0 Å². The molecule has 1 aliphatic heterocycles. The minimum absolute atomic E-state index is 0.0475. The number of nitrogens with one attached hydrogen (secondary N) is 2. The number of hydrogen-bond donors (Lipinski definition) is 3. The molecule has 0 aliphatic carbocycles. The molecule has 0 unspecified atom stereocenters. The average Bonchev–Trinajstić information content (AvgIpc) is 3.08. The maximum absolute atomic E-state index is 12.0. The number of hydrazine groups is 2. The van der Waals surface area contributed by atoms with Crippen molar-refractivity contribution in [2.45, 2.75) is 13.3 Å². The molecule has 1 aliphatic rings. The first-order chi connectivity index (χ1) is 12.5. The van der Waals surface area contributed by atoms with E-state index in [9.17, 15) is 4.79 Å². The van der Waals surface area contributed by atoms with Crippen molar-refractivity contribution in [3.8, 4) is 5.69 Å². The van der Waals surface area contributed by atoms with E-state index in [0.717, 1.165) is 29.1 Å². The van der Waals surface area contributed by atoms with Crippen LogP contribution < -0.4 is 21.5 Å². The van der Waals surface area contributed by atoms with Gasteiger partial charge < -0.3 is 5.43 Å². The molecule has 3 rings (SSSR count). The summed E-state index contributed by atoms with van der Waals surface area (Å²) in [7, 11) is 0. The average molecular weight is 387 g/mol. The van der Waals surface area contributed by atoms with Gasteiger partial charge in [-0.05, 0) is 42.8 Å². The Hall–Kier alpha value is -2.41. The normalized spacial score (nSPS) is 14.7. The molecule has 5 nitrogen and oxygen atoms in total. The molecular formula is C19H19ClN4OS. The lowest BCUT2D eigenvalue weighted by molar-refractivity contribution is 0.652. The highest BCUT2D eigenvalue weighted by Gasteiger charge is 2.13. The van der Waals surface area contributed by atoms with E-state index in [1.54, 1.807) is 29.0 Å². The number of aromatic nitrogens is 1. The molecule has 0 bridgehead atoms. The molecule has 0 amide bonds. The lowest BCUT2D eigenvalue weighted by atomic mass is 10.1. The van der Waals surface area contributed by atoms with Crippen LogP contribution in [0.5, 0.6) is 0 Å². The van der Waals surface area contributed by atoms with E-state index in [4.69, 9.17) is 11.6 Å². The molecule has 134 valence electrons. The summed E-state index contributed by atoms with van der Waals surface area (Å²) >= 11 is 9.66. The summed E-state index contributed by atoms with van der Waals surface area (Å²) in [4.78, 5) is 12.0. The van der Waals surface area contributed by atoms with Gasteiger partial charge in [0.25, 0.3) is 5.56 Å². The minimum Gasteiger partial charge on any atom is -0.306 e. The lowest BCUT2D eigenvalue weighted by Crippen LogP contribution is -2.36. The fourth-order valence-electron chi connectivity index (χ4n) is 2.62. The van der Waals surface area contributed by atoms with E-state index in [0.29, 0.717) is 4.36 Å². The number of nitrogens with zero attached hydrogens (tertiary/aromatic N) is 2. The van der Waals surface area contributed by atoms with Crippen molar-refractivity contribution < 1.29 is 0 Å². The summed E-state index contributed by atoms with van der Waals surface area (Å²) < 4.78 is 2.09. The first-order valence-corrected chi connectivity index (χ1v) is 8.89. The van der Waals surface area contributed by atoms with Crippen molar-refractivity contribution in [3.05, 3.63) is 93.0 Å². The molecule has 0 spiro atoms. The number of anilines is 1. The van der Waals surface area contributed by atoms with Crippen LogP contribution in [0.3, 0.4) is 0 Å². The first kappa shape index (κ1) is 18.4. The molecule has 2 N–H and O–H groups in total. The Morgan fingerprint density at radius 2 is 2.15 bits per heavy atom. The Labute approximate surface area is 162 Å². The number of aryl methyl sites for hydroxylation is 1. The summed E-state index contributed by atoms with van der Waals surface area (Å²) in [5.74, 6) is 0. The highest BCUT2D eigenvalue weighted by molar-refractivity contribution is 7.86. The van der Waals surface area contributed by atoms with Gasteiger partial charge in [0.15, 0.2) is 0 Å². The van der Waals surface area contributed by atoms with Crippen molar-refractivity contribution in [3.63, 3.8) is 0 Å². The fourth-order valence-corrected chi connectivity index (χ4v) is 2.78. The van der Waals surface area contributed by atoms with Gasteiger partial charge in [-0.15, -0.1) is 18.2 Å². The monoisotopic (exact) mass is 386 g/mol. The summed E-state index contributed by atoms with van der Waals surface area (Å²) in [6.45, 7) is 1.99. The number of rotatable bonds is 5. The van der Waals surface area contributed by atoms with Gasteiger partial charge in [-0.1, -0.05) is 29.8 Å². The molecule has 0 saturated heterocycles. The Bertz CT molecular complexity index is 945. The zero-order valence-corrected chi connectivity index (χ0v) is 15.8. The zero-order chi connectivity index (χ0) is 18.5. The van der Waals surface area contributed by atoms with Crippen LogP contribution in [0.15, 0.2) is 81.9 Å². The maximum Gasteiger partial charge on any atom is 0.255 e. The smallest absolute Gasteiger partial charge is 0.255 e. The van der Waals surface area contributed by atoms with E-state index in [1.807, 2.05) is 54.6 Å². The minimum atomic E-state index is -0.0475. The summed E-state index contributed by atoms with van der Waals surface area (Å²) in [5, 5.41) is 1.90. The second kappa shape index (κ2) is 8.31. The van der Waals surface area contributed by atoms with Gasteiger partial charge in [0.05, 0.1) is 15.7 Å². The number of pyridine rings is 1. The van der Waals surface area contributed by atoms with Crippen LogP contribution >= 0.6 is 24.2 Å². The van der Waals surface area contributed by atoms with E-state index in [1.165, 1.54) is 0 Å². The van der Waals surface area contributed by atoms with Crippen molar-refractivity contribution >= 4 is 29.9 Å². The van der Waals surface area contributed by atoms with Crippen molar-refractivity contribution in [2.75, 3.05) is 5.01 Å². The van der Waals surface area contributed by atoms with Gasteiger partial charge in [0.1, 0.15) is 0 Å². The quantitative estimate of drug-likeness (QED) is 0.540. The highest BCUT2D eigenvalue weighted by atomic mass is 35.5. The van der Waals surface area contributed by atoms with Crippen LogP contribution in [0.25, 0.3) is 5.69 Å². The van der Waals surface area contributed by atoms with Crippen LogP contribution in [0.1, 0.15) is 12.0 Å². The van der Waals surface area contributed by atoms with E-state index in [2.05, 4.69) is 23.6 Å². The van der Waals surface area contributed by atoms with E-state index < -0.39 is 0 Å². The second-order valence-corrected chi connectivity index (χ2v) is 6.92. The van der Waals surface area contributed by atoms with Gasteiger partial charge in [-0.3, -0.25) is 14.4 Å². The van der Waals surface area contributed by atoms with Crippen LogP contribution in [0.2, 0.25) is 0 Å². The molecule has 0 fully saturated rings. The Morgan fingerprint density at radius 3 is 2.88 bits per heavy atom. The fraction of sp³-hybridized carbons (Fsp3) is 0.105. The second-order valence-electron chi connectivity index (χ2n) is 5.76. The van der Waals surface area contributed by atoms with Gasteiger partial charge in [-0.2, -0.15) is 0 Å². The first-order valence-electron chi connectivity index (χ1n) is 8.06. The predicted molar refractivity (Wildman–Crippen MR) is 110 cm³/mol. The number of thiol groups is 1. The predicted octanol–water partition coefficient (Wildman–Crippen LogP) is 3.77. The number of allylic oxidation sites excluding steroid dienone is 3. The molecule has 0 atom stereocenters. The van der Waals surface area contributed by atoms with E-state index >= 15 is 0 Å². The topological polar surface area (TPSA) is 49.3 Å². The molecule has 2 aromatic rings. The van der Waals surface area contributed by atoms with Crippen LogP contribution in [-0.4, -0.2) is 4.57 Å². The van der Waals surface area contributed by atoms with Gasteiger partial charge in [0.2, 0.25) is 0 Å². The largest absolute Gasteiger partial charge is 0.306 e. The summed E-state index contributed by atoms with van der Waals surface area (Å²) in [5.41, 5.74) is 10.0. The third-order valence-electron chi connectivity index (χ3n) is 3.87. The summed E-state index contributed by atoms with van der Waals surface area (Å²) in [6, 6.07) is 11.1. The van der Waals surface area contributed by atoms with Crippen molar-refractivity contribution in [2.24, 2.45) is 0 Å². The molecule has 0 radical (unpaired) electrons. The van der Waals surface area contributed by atoms with Gasteiger partial charge in [-0.25, -0.2) is 0 Å². The van der Waals surface area contributed by atoms with Crippen LogP contribution in [-0.2, 0) is 0 Å². The van der Waals surface area contributed by atoms with E-state index in [-0.39, 0.29) is 5.56 Å². The molecular weight excluding hydrogens is 368 g/mol. The Kier molecular flexibility index (Phi) is 5.88. The molecule has 0 saturated carbocycles. The van der Waals surface area contributed by atoms with Crippen molar-refractivity contribution in [1.82, 2.24) is 15.5 Å². The maximum atomic E-state index is 12.0.